The van der Waals surface area contributed by atoms with E-state index in [0.29, 0.717) is 12.5 Å². The Kier molecular flexibility index (Phi) is 8.07. The molecule has 1 saturated carbocycles. The van der Waals surface area contributed by atoms with Crippen molar-refractivity contribution in [2.75, 3.05) is 13.6 Å². The van der Waals surface area contributed by atoms with Crippen LogP contribution < -0.4 is 10.6 Å². The van der Waals surface area contributed by atoms with Crippen LogP contribution in [0.3, 0.4) is 0 Å². The third kappa shape index (κ3) is 6.39. The fourth-order valence-electron chi connectivity index (χ4n) is 2.92. The zero-order valence-corrected chi connectivity index (χ0v) is 12.5. The molecular weight excluding hydrogens is 240 g/mol. The molecule has 0 aromatic heterocycles. The second kappa shape index (κ2) is 9.32. The summed E-state index contributed by atoms with van der Waals surface area (Å²) in [6, 6.07) is 0.0375. The molecule has 0 saturated heterocycles. The van der Waals surface area contributed by atoms with Gasteiger partial charge in [-0.2, -0.15) is 0 Å². The van der Waals surface area contributed by atoms with Gasteiger partial charge in [-0.25, -0.2) is 0 Å². The highest BCUT2D eigenvalue weighted by atomic mass is 16.3. The standard InChI is InChI=1S/C15H30N2O2/c1-3-9-17-15(19)11-14(18)13(16-2)10-12-7-5-4-6-8-12/h12-14,16,18H,3-11H2,1-2H3,(H,17,19). The summed E-state index contributed by atoms with van der Waals surface area (Å²) in [5.41, 5.74) is 0. The molecule has 2 unspecified atom stereocenters. The van der Waals surface area contributed by atoms with E-state index in [9.17, 15) is 9.90 Å². The summed E-state index contributed by atoms with van der Waals surface area (Å²) < 4.78 is 0. The van der Waals surface area contributed by atoms with Crippen molar-refractivity contribution in [1.82, 2.24) is 10.6 Å². The van der Waals surface area contributed by atoms with Gasteiger partial charge in [0.25, 0.3) is 0 Å². The number of aliphatic hydroxyl groups excluding tert-OH is 1. The number of carbonyl (C=O) groups is 1. The summed E-state index contributed by atoms with van der Waals surface area (Å²) in [5.74, 6) is 0.665. The van der Waals surface area contributed by atoms with Crippen LogP contribution in [0.5, 0.6) is 0 Å². The molecule has 1 rings (SSSR count). The lowest BCUT2D eigenvalue weighted by Crippen LogP contribution is -2.42. The third-order valence-electron chi connectivity index (χ3n) is 4.11. The maximum Gasteiger partial charge on any atom is 0.222 e. The highest BCUT2D eigenvalue weighted by Gasteiger charge is 2.24. The van der Waals surface area contributed by atoms with Crippen LogP contribution in [0.4, 0.5) is 0 Å². The Hall–Kier alpha value is -0.610. The van der Waals surface area contributed by atoms with Crippen LogP contribution >= 0.6 is 0 Å². The van der Waals surface area contributed by atoms with Crippen LogP contribution in [0.1, 0.15) is 58.3 Å². The Labute approximate surface area is 117 Å². The number of nitrogens with one attached hydrogen (secondary N) is 2. The first-order valence-electron chi connectivity index (χ1n) is 7.79. The van der Waals surface area contributed by atoms with Crippen molar-refractivity contribution in [3.05, 3.63) is 0 Å². The second-order valence-electron chi connectivity index (χ2n) is 5.76. The average Bonchev–Trinajstić information content (AvgIpc) is 2.43. The molecule has 0 radical (unpaired) electrons. The van der Waals surface area contributed by atoms with Crippen LogP contribution in [0.15, 0.2) is 0 Å². The van der Waals surface area contributed by atoms with E-state index in [1.54, 1.807) is 0 Å². The first-order valence-corrected chi connectivity index (χ1v) is 7.79. The van der Waals surface area contributed by atoms with Gasteiger partial charge in [0.15, 0.2) is 0 Å². The van der Waals surface area contributed by atoms with Gasteiger partial charge in [-0.3, -0.25) is 4.79 Å². The summed E-state index contributed by atoms with van der Waals surface area (Å²) in [7, 11) is 1.88. The topological polar surface area (TPSA) is 61.4 Å². The normalized spacial score (nSPS) is 19.9. The van der Waals surface area contributed by atoms with E-state index in [2.05, 4.69) is 10.6 Å². The van der Waals surface area contributed by atoms with Gasteiger partial charge in [-0.15, -0.1) is 0 Å². The molecule has 0 aromatic carbocycles. The van der Waals surface area contributed by atoms with E-state index in [0.717, 1.165) is 12.8 Å². The number of hydrogen-bond donors (Lipinski definition) is 3. The van der Waals surface area contributed by atoms with Gasteiger partial charge in [0.1, 0.15) is 0 Å². The van der Waals surface area contributed by atoms with Gasteiger partial charge in [-0.1, -0.05) is 39.0 Å². The number of amides is 1. The number of rotatable bonds is 8. The molecule has 0 heterocycles. The molecule has 0 aliphatic heterocycles. The van der Waals surface area contributed by atoms with E-state index in [1.807, 2.05) is 14.0 Å². The third-order valence-corrected chi connectivity index (χ3v) is 4.11. The fourth-order valence-corrected chi connectivity index (χ4v) is 2.92. The smallest absolute Gasteiger partial charge is 0.222 e. The molecule has 1 aliphatic rings. The summed E-state index contributed by atoms with van der Waals surface area (Å²) in [4.78, 5) is 11.6. The van der Waals surface area contributed by atoms with Gasteiger partial charge in [-0.05, 0) is 25.8 Å². The second-order valence-corrected chi connectivity index (χ2v) is 5.76. The monoisotopic (exact) mass is 270 g/mol. The zero-order valence-electron chi connectivity index (χ0n) is 12.5. The van der Waals surface area contributed by atoms with Crippen LogP contribution in [0.2, 0.25) is 0 Å². The van der Waals surface area contributed by atoms with E-state index in [-0.39, 0.29) is 18.4 Å². The van der Waals surface area contributed by atoms with Crippen molar-refractivity contribution in [3.63, 3.8) is 0 Å². The Morgan fingerprint density at radius 2 is 2.00 bits per heavy atom. The highest BCUT2D eigenvalue weighted by molar-refractivity contribution is 5.76. The van der Waals surface area contributed by atoms with Crippen molar-refractivity contribution >= 4 is 5.91 Å². The predicted molar refractivity (Wildman–Crippen MR) is 78.0 cm³/mol. The van der Waals surface area contributed by atoms with Crippen molar-refractivity contribution < 1.29 is 9.90 Å². The molecule has 0 bridgehead atoms. The van der Waals surface area contributed by atoms with Gasteiger partial charge in [0.2, 0.25) is 5.91 Å². The minimum absolute atomic E-state index is 0.0375. The molecule has 4 heteroatoms. The lowest BCUT2D eigenvalue weighted by atomic mass is 9.83. The van der Waals surface area contributed by atoms with Crippen molar-refractivity contribution in [2.45, 2.75) is 70.4 Å². The SMILES string of the molecule is CCCNC(=O)CC(O)C(CC1CCCCC1)NC. The zero-order chi connectivity index (χ0) is 14.1. The first-order chi connectivity index (χ1) is 9.17. The highest BCUT2D eigenvalue weighted by Crippen LogP contribution is 2.28. The van der Waals surface area contributed by atoms with Gasteiger partial charge in [0, 0.05) is 12.6 Å². The summed E-state index contributed by atoms with van der Waals surface area (Å²) in [6.45, 7) is 2.72. The number of hydrogen-bond acceptors (Lipinski definition) is 3. The maximum atomic E-state index is 11.6. The minimum Gasteiger partial charge on any atom is -0.391 e. The molecule has 1 amide bonds. The fraction of sp³-hybridized carbons (Fsp3) is 0.933. The molecule has 0 spiro atoms. The van der Waals surface area contributed by atoms with E-state index in [1.165, 1.54) is 32.1 Å². The van der Waals surface area contributed by atoms with Gasteiger partial charge in [0.05, 0.1) is 12.5 Å². The molecule has 19 heavy (non-hydrogen) atoms. The molecule has 2 atom stereocenters. The number of aliphatic hydroxyl groups is 1. The predicted octanol–water partition coefficient (Wildman–Crippen LogP) is 1.82. The Bertz CT molecular complexity index is 253. The first kappa shape index (κ1) is 16.4. The number of carbonyl (C=O) groups excluding carboxylic acids is 1. The molecule has 112 valence electrons. The summed E-state index contributed by atoms with van der Waals surface area (Å²) >= 11 is 0. The summed E-state index contributed by atoms with van der Waals surface area (Å²) in [5, 5.41) is 16.2. The van der Waals surface area contributed by atoms with Gasteiger partial charge >= 0.3 is 0 Å². The van der Waals surface area contributed by atoms with Gasteiger partial charge < -0.3 is 15.7 Å². The van der Waals surface area contributed by atoms with Crippen molar-refractivity contribution in [2.24, 2.45) is 5.92 Å². The Morgan fingerprint density at radius 3 is 2.58 bits per heavy atom. The Morgan fingerprint density at radius 1 is 1.32 bits per heavy atom. The van der Waals surface area contributed by atoms with E-state index < -0.39 is 6.10 Å². The number of likely N-dealkylation sites (N-methyl/N-ethyl adjacent to an activating group) is 1. The molecule has 0 aromatic rings. The largest absolute Gasteiger partial charge is 0.391 e. The molecule has 3 N–H and O–H groups in total. The lowest BCUT2D eigenvalue weighted by Gasteiger charge is -2.29. The van der Waals surface area contributed by atoms with Crippen LogP contribution in [0.25, 0.3) is 0 Å². The molecule has 1 fully saturated rings. The molecule has 4 nitrogen and oxygen atoms in total. The molecular formula is C15H30N2O2. The Balaban J connectivity index is 2.33. The minimum atomic E-state index is -0.580. The van der Waals surface area contributed by atoms with Crippen molar-refractivity contribution in [1.29, 1.82) is 0 Å². The van der Waals surface area contributed by atoms with Crippen LogP contribution in [0, 0.1) is 5.92 Å². The summed E-state index contributed by atoms with van der Waals surface area (Å²) in [6.07, 6.45) is 8.06. The molecule has 1 aliphatic carbocycles. The van der Waals surface area contributed by atoms with E-state index in [4.69, 9.17) is 0 Å². The van der Waals surface area contributed by atoms with Crippen LogP contribution in [-0.4, -0.2) is 36.8 Å². The quantitative estimate of drug-likeness (QED) is 0.630. The lowest BCUT2D eigenvalue weighted by molar-refractivity contribution is -0.123. The van der Waals surface area contributed by atoms with Crippen molar-refractivity contribution in [3.8, 4) is 0 Å². The van der Waals surface area contributed by atoms with E-state index >= 15 is 0 Å². The maximum absolute atomic E-state index is 11.6. The van der Waals surface area contributed by atoms with Crippen LogP contribution in [-0.2, 0) is 4.79 Å². The average molecular weight is 270 g/mol.